The van der Waals surface area contributed by atoms with Gasteiger partial charge in [0.15, 0.2) is 5.89 Å². The number of carbonyl (C=O) groups excluding carboxylic acids is 1. The largest absolute Gasteiger partial charge is 0.436 e. The highest BCUT2D eigenvalue weighted by atomic mass is 16.4. The fraction of sp³-hybridized carbons (Fsp3) is 0.533. The Bertz CT molecular complexity index is 642. The predicted octanol–water partition coefficient (Wildman–Crippen LogP) is 2.27. The van der Waals surface area contributed by atoms with E-state index in [-0.39, 0.29) is 5.91 Å². The number of aromatic nitrogens is 3. The van der Waals surface area contributed by atoms with Crippen molar-refractivity contribution in [2.24, 2.45) is 0 Å². The molecule has 1 amide bonds. The fourth-order valence-electron chi connectivity index (χ4n) is 2.36. The van der Waals surface area contributed by atoms with Gasteiger partial charge in [-0.15, -0.1) is 0 Å². The van der Waals surface area contributed by atoms with Gasteiger partial charge < -0.3 is 9.32 Å². The van der Waals surface area contributed by atoms with E-state index in [2.05, 4.69) is 16.1 Å². The Labute approximate surface area is 124 Å². The van der Waals surface area contributed by atoms with E-state index in [0.717, 1.165) is 24.4 Å². The second-order valence-electron chi connectivity index (χ2n) is 5.38. The zero-order chi connectivity index (χ0) is 15.6. The zero-order valence-corrected chi connectivity index (χ0v) is 13.3. The van der Waals surface area contributed by atoms with Gasteiger partial charge in [-0.2, -0.15) is 5.10 Å². The quantitative estimate of drug-likeness (QED) is 0.847. The lowest BCUT2D eigenvalue weighted by molar-refractivity contribution is 0.0757. The number of carbonyl (C=O) groups is 1. The van der Waals surface area contributed by atoms with E-state index < -0.39 is 0 Å². The van der Waals surface area contributed by atoms with Gasteiger partial charge in [-0.3, -0.25) is 9.48 Å². The Morgan fingerprint density at radius 3 is 2.57 bits per heavy atom. The first-order valence-corrected chi connectivity index (χ1v) is 7.09. The van der Waals surface area contributed by atoms with Crippen LogP contribution in [0.5, 0.6) is 0 Å². The van der Waals surface area contributed by atoms with E-state index >= 15 is 0 Å². The highest BCUT2D eigenvalue weighted by Gasteiger charge is 2.19. The molecule has 0 fully saturated rings. The lowest BCUT2D eigenvalue weighted by Gasteiger charge is -2.16. The third-order valence-electron chi connectivity index (χ3n) is 3.41. The zero-order valence-electron chi connectivity index (χ0n) is 13.3. The van der Waals surface area contributed by atoms with E-state index in [1.54, 1.807) is 25.8 Å². The minimum absolute atomic E-state index is 0.124. The molecule has 114 valence electrons. The van der Waals surface area contributed by atoms with Crippen molar-refractivity contribution < 1.29 is 9.21 Å². The van der Waals surface area contributed by atoms with Crippen molar-refractivity contribution in [2.75, 3.05) is 13.6 Å². The summed E-state index contributed by atoms with van der Waals surface area (Å²) in [6.45, 7) is 8.99. The maximum Gasteiger partial charge on any atom is 0.291 e. The Morgan fingerprint density at radius 2 is 2.05 bits per heavy atom. The number of hydrogen-bond donors (Lipinski definition) is 0. The summed E-state index contributed by atoms with van der Waals surface area (Å²) in [5.41, 5.74) is 2.80. The molecule has 6 heteroatoms. The lowest BCUT2D eigenvalue weighted by atomic mass is 10.3. The van der Waals surface area contributed by atoms with Crippen LogP contribution in [0.25, 0.3) is 0 Å². The summed E-state index contributed by atoms with van der Waals surface area (Å²) < 4.78 is 7.33. The van der Waals surface area contributed by atoms with Gasteiger partial charge in [0.1, 0.15) is 0 Å². The molecule has 0 aliphatic heterocycles. The Hall–Kier alpha value is -2.11. The summed E-state index contributed by atoms with van der Waals surface area (Å²) in [7, 11) is 1.78. The average Bonchev–Trinajstić information content (AvgIpc) is 2.90. The van der Waals surface area contributed by atoms with Gasteiger partial charge in [-0.25, -0.2) is 4.98 Å². The number of rotatable bonds is 5. The van der Waals surface area contributed by atoms with Crippen LogP contribution in [0, 0.1) is 27.7 Å². The summed E-state index contributed by atoms with van der Waals surface area (Å²) in [4.78, 5) is 18.1. The van der Waals surface area contributed by atoms with E-state index in [1.165, 1.54) is 0 Å². The normalized spacial score (nSPS) is 10.9. The molecule has 0 aromatic carbocycles. The van der Waals surface area contributed by atoms with Crippen molar-refractivity contribution in [3.63, 3.8) is 0 Å². The van der Waals surface area contributed by atoms with Crippen LogP contribution < -0.4 is 0 Å². The number of aryl methyl sites for hydroxylation is 5. The van der Waals surface area contributed by atoms with Crippen molar-refractivity contribution in [2.45, 2.75) is 40.7 Å². The molecule has 6 nitrogen and oxygen atoms in total. The molecule has 0 aliphatic rings. The number of oxazole rings is 1. The van der Waals surface area contributed by atoms with Crippen LogP contribution in [-0.4, -0.2) is 39.2 Å². The number of hydrogen-bond acceptors (Lipinski definition) is 4. The Morgan fingerprint density at radius 1 is 1.33 bits per heavy atom. The highest BCUT2D eigenvalue weighted by molar-refractivity contribution is 5.92. The topological polar surface area (TPSA) is 64.2 Å². The van der Waals surface area contributed by atoms with Crippen molar-refractivity contribution in [3.8, 4) is 0 Å². The maximum absolute atomic E-state index is 12.3. The summed E-state index contributed by atoms with van der Waals surface area (Å²) in [6, 6.07) is 2.05. The molecule has 0 bridgehead atoms. The van der Waals surface area contributed by atoms with Crippen molar-refractivity contribution >= 4 is 5.91 Å². The van der Waals surface area contributed by atoms with Gasteiger partial charge in [-0.1, -0.05) is 0 Å². The van der Waals surface area contributed by atoms with Crippen LogP contribution >= 0.6 is 0 Å². The second-order valence-corrected chi connectivity index (χ2v) is 5.38. The van der Waals surface area contributed by atoms with E-state index in [1.807, 2.05) is 18.5 Å². The van der Waals surface area contributed by atoms with Gasteiger partial charge in [-0.05, 0) is 33.3 Å². The molecule has 0 unspecified atom stereocenters. The van der Waals surface area contributed by atoms with Crippen LogP contribution in [0.1, 0.15) is 39.9 Å². The first-order chi connectivity index (χ1) is 9.88. The molecule has 0 saturated carbocycles. The monoisotopic (exact) mass is 290 g/mol. The smallest absolute Gasteiger partial charge is 0.291 e. The maximum atomic E-state index is 12.3. The Kier molecular flexibility index (Phi) is 4.45. The van der Waals surface area contributed by atoms with Crippen molar-refractivity contribution in [3.05, 3.63) is 34.8 Å². The number of amides is 1. The Balaban J connectivity index is 1.90. The molecule has 21 heavy (non-hydrogen) atoms. The summed E-state index contributed by atoms with van der Waals surface area (Å²) in [5.74, 6) is 0.731. The standard InChI is InChI=1S/C15H22N4O2/c1-10-9-11(2)19(17-10)8-6-7-18(5)15(20)14-12(3)16-13(4)21-14/h9H,6-8H2,1-5H3. The van der Waals surface area contributed by atoms with E-state index in [9.17, 15) is 4.79 Å². The molecule has 0 N–H and O–H groups in total. The van der Waals surface area contributed by atoms with Crippen LogP contribution in [0.2, 0.25) is 0 Å². The summed E-state index contributed by atoms with van der Waals surface area (Å²) in [6.07, 6.45) is 0.844. The minimum Gasteiger partial charge on any atom is -0.436 e. The van der Waals surface area contributed by atoms with Gasteiger partial charge in [0, 0.05) is 32.8 Å². The average molecular weight is 290 g/mol. The second kappa shape index (κ2) is 6.11. The third-order valence-corrected chi connectivity index (χ3v) is 3.41. The first-order valence-electron chi connectivity index (χ1n) is 7.09. The fourth-order valence-corrected chi connectivity index (χ4v) is 2.36. The van der Waals surface area contributed by atoms with Crippen molar-refractivity contribution in [1.29, 1.82) is 0 Å². The molecule has 0 saturated heterocycles. The van der Waals surface area contributed by atoms with E-state index in [0.29, 0.717) is 23.9 Å². The van der Waals surface area contributed by atoms with Gasteiger partial charge in [0.25, 0.3) is 5.91 Å². The molecular formula is C15H22N4O2. The van der Waals surface area contributed by atoms with Gasteiger partial charge >= 0.3 is 0 Å². The van der Waals surface area contributed by atoms with Crippen LogP contribution in [0.3, 0.4) is 0 Å². The highest BCUT2D eigenvalue weighted by Crippen LogP contribution is 2.12. The van der Waals surface area contributed by atoms with Crippen molar-refractivity contribution in [1.82, 2.24) is 19.7 Å². The molecule has 2 aromatic heterocycles. The molecule has 2 rings (SSSR count). The van der Waals surface area contributed by atoms with Crippen LogP contribution in [-0.2, 0) is 6.54 Å². The molecule has 0 aliphatic carbocycles. The molecule has 0 atom stereocenters. The molecular weight excluding hydrogens is 268 g/mol. The van der Waals surface area contributed by atoms with Gasteiger partial charge in [0.05, 0.1) is 11.4 Å². The predicted molar refractivity (Wildman–Crippen MR) is 79.3 cm³/mol. The molecule has 2 aromatic rings. The van der Waals surface area contributed by atoms with Crippen LogP contribution in [0.15, 0.2) is 10.5 Å². The number of nitrogens with zero attached hydrogens (tertiary/aromatic N) is 4. The summed E-state index contributed by atoms with van der Waals surface area (Å²) >= 11 is 0. The molecule has 0 spiro atoms. The summed E-state index contributed by atoms with van der Waals surface area (Å²) in [5, 5.41) is 4.41. The minimum atomic E-state index is -0.124. The third kappa shape index (κ3) is 3.51. The molecule has 0 radical (unpaired) electrons. The van der Waals surface area contributed by atoms with Gasteiger partial charge in [0.2, 0.25) is 5.76 Å². The lowest BCUT2D eigenvalue weighted by Crippen LogP contribution is -2.28. The first kappa shape index (κ1) is 15.3. The molecule has 2 heterocycles. The van der Waals surface area contributed by atoms with E-state index in [4.69, 9.17) is 4.42 Å². The van der Waals surface area contributed by atoms with Crippen LogP contribution in [0.4, 0.5) is 0 Å². The SMILES string of the molecule is Cc1cc(C)n(CCCN(C)C(=O)c2oc(C)nc2C)n1.